The molecular formula is C19H15N3O4. The molecule has 7 nitrogen and oxygen atoms in total. The van der Waals surface area contributed by atoms with E-state index in [-0.39, 0.29) is 5.57 Å². The molecule has 1 heterocycles. The fraction of sp³-hybridized carbons (Fsp3) is 0.105. The third-order valence-corrected chi connectivity index (χ3v) is 3.67. The summed E-state index contributed by atoms with van der Waals surface area (Å²) in [5.41, 5.74) is 2.81. The first-order valence-corrected chi connectivity index (χ1v) is 7.67. The molecule has 0 atom stereocenters. The van der Waals surface area contributed by atoms with Gasteiger partial charge in [-0.05, 0) is 30.3 Å². The van der Waals surface area contributed by atoms with Gasteiger partial charge >= 0.3 is 0 Å². The second-order valence-electron chi connectivity index (χ2n) is 5.27. The van der Waals surface area contributed by atoms with Gasteiger partial charge in [0.05, 0.1) is 19.6 Å². The van der Waals surface area contributed by atoms with Crippen molar-refractivity contribution in [3.63, 3.8) is 0 Å². The van der Waals surface area contributed by atoms with Gasteiger partial charge in [-0.15, -0.1) is 5.10 Å². The Kier molecular flexibility index (Phi) is 4.92. The van der Waals surface area contributed by atoms with Crippen molar-refractivity contribution in [3.05, 3.63) is 64.2 Å². The lowest BCUT2D eigenvalue weighted by molar-refractivity contribution is -0.114. The number of nitrogens with one attached hydrogen (secondary N) is 1. The number of carbonyl (C=O) groups excluding carboxylic acids is 2. The number of ether oxygens (including phenoxy) is 2. The highest BCUT2D eigenvalue weighted by Gasteiger charge is 2.11. The van der Waals surface area contributed by atoms with E-state index >= 15 is 0 Å². The third kappa shape index (κ3) is 3.53. The lowest BCUT2D eigenvalue weighted by Crippen LogP contribution is -2.30. The number of fused-ring (bicyclic) bond motifs is 1. The van der Waals surface area contributed by atoms with Crippen LogP contribution in [-0.2, 0) is 4.79 Å². The Morgan fingerprint density at radius 2 is 1.88 bits per heavy atom. The summed E-state index contributed by atoms with van der Waals surface area (Å²) in [6.45, 7) is 0. The summed E-state index contributed by atoms with van der Waals surface area (Å²) < 4.78 is 10.3. The van der Waals surface area contributed by atoms with Gasteiger partial charge in [0.1, 0.15) is 5.57 Å². The van der Waals surface area contributed by atoms with Crippen LogP contribution in [0.25, 0.3) is 6.08 Å². The first kappa shape index (κ1) is 17.1. The molecule has 0 aliphatic carbocycles. The van der Waals surface area contributed by atoms with E-state index in [2.05, 4.69) is 21.4 Å². The Bertz CT molecular complexity index is 1070. The number of hydrogen-bond acceptors (Lipinski definition) is 5. The predicted octanol–water partition coefficient (Wildman–Crippen LogP) is 0.585. The number of amides is 2. The van der Waals surface area contributed by atoms with Crippen LogP contribution in [0.1, 0.15) is 10.4 Å². The van der Waals surface area contributed by atoms with Gasteiger partial charge in [0.15, 0.2) is 11.5 Å². The fourth-order valence-electron chi connectivity index (χ4n) is 2.36. The summed E-state index contributed by atoms with van der Waals surface area (Å²) >= 11 is 0. The second-order valence-corrected chi connectivity index (χ2v) is 5.27. The minimum Gasteiger partial charge on any atom is -0.493 e. The van der Waals surface area contributed by atoms with Crippen LogP contribution in [-0.4, -0.2) is 31.9 Å². The molecule has 0 unspecified atom stereocenters. The molecule has 0 saturated heterocycles. The van der Waals surface area contributed by atoms with Crippen LogP contribution >= 0.6 is 0 Å². The highest BCUT2D eigenvalue weighted by Crippen LogP contribution is 2.27. The quantitative estimate of drug-likeness (QED) is 0.497. The third-order valence-electron chi connectivity index (χ3n) is 3.67. The summed E-state index contributed by atoms with van der Waals surface area (Å²) in [4.78, 5) is 28.1. The lowest BCUT2D eigenvalue weighted by Gasteiger charge is -2.08. The van der Waals surface area contributed by atoms with E-state index in [0.29, 0.717) is 22.4 Å². The number of benzene rings is 2. The Morgan fingerprint density at radius 3 is 2.65 bits per heavy atom. The minimum atomic E-state index is -0.473. The standard InChI is InChI=1S/C19H15N3O4/c1-25-16-8-7-13(10-17(16)26-2)19(24)22-20-11-14-9-12-5-3-4-6-15(12)21-18(14)23/h3-10H,1-2H3,(H,22,24). The zero-order valence-corrected chi connectivity index (χ0v) is 14.1. The summed E-state index contributed by atoms with van der Waals surface area (Å²) in [6.07, 6.45) is 1.62. The monoisotopic (exact) mass is 349 g/mol. The van der Waals surface area contributed by atoms with E-state index in [1.165, 1.54) is 20.3 Å². The number of nitrogens with zero attached hydrogens (tertiary/aromatic N) is 2. The molecule has 1 N–H and O–H groups in total. The first-order valence-electron chi connectivity index (χ1n) is 7.67. The van der Waals surface area contributed by atoms with Gasteiger partial charge in [0.2, 0.25) is 0 Å². The number of para-hydroxylation sites is 1. The molecule has 2 aromatic rings. The van der Waals surface area contributed by atoms with E-state index in [9.17, 15) is 9.59 Å². The van der Waals surface area contributed by atoms with Crippen molar-refractivity contribution < 1.29 is 19.1 Å². The van der Waals surface area contributed by atoms with Crippen LogP contribution in [0.2, 0.25) is 0 Å². The minimum absolute atomic E-state index is 0.163. The highest BCUT2D eigenvalue weighted by molar-refractivity contribution is 6.10. The molecule has 0 radical (unpaired) electrons. The largest absolute Gasteiger partial charge is 0.493 e. The number of hydrogen-bond donors (Lipinski definition) is 1. The Hall–Kier alpha value is -3.70. The molecule has 2 amide bonds. The van der Waals surface area contributed by atoms with Crippen LogP contribution in [0.4, 0.5) is 0 Å². The van der Waals surface area contributed by atoms with Gasteiger partial charge in [-0.3, -0.25) is 9.59 Å². The lowest BCUT2D eigenvalue weighted by atomic mass is 10.1. The zero-order valence-electron chi connectivity index (χ0n) is 14.1. The van der Waals surface area contributed by atoms with Crippen LogP contribution in [0.3, 0.4) is 0 Å². The van der Waals surface area contributed by atoms with Crippen molar-refractivity contribution in [2.24, 2.45) is 10.1 Å². The molecule has 0 aromatic heterocycles. The van der Waals surface area contributed by atoms with Gasteiger partial charge in [0, 0.05) is 16.7 Å². The van der Waals surface area contributed by atoms with Crippen LogP contribution in [0, 0.1) is 0 Å². The van der Waals surface area contributed by atoms with Crippen molar-refractivity contribution in [3.8, 4) is 11.5 Å². The van der Waals surface area contributed by atoms with Crippen molar-refractivity contribution in [2.45, 2.75) is 0 Å². The molecule has 0 bridgehead atoms. The van der Waals surface area contributed by atoms with Crippen LogP contribution < -0.4 is 25.5 Å². The molecule has 1 aliphatic heterocycles. The smallest absolute Gasteiger partial charge is 0.287 e. The van der Waals surface area contributed by atoms with Crippen LogP contribution in [0.15, 0.2) is 58.1 Å². The van der Waals surface area contributed by atoms with E-state index in [4.69, 9.17) is 9.47 Å². The van der Waals surface area contributed by atoms with E-state index in [1.807, 2.05) is 12.1 Å². The maximum Gasteiger partial charge on any atom is 0.287 e. The molecule has 0 saturated carbocycles. The SMILES string of the molecule is COc1ccc(C(=O)NN=C=C2C=c3ccccc3=NC2=O)cc1OC. The number of carbonyl (C=O) groups is 2. The maximum absolute atomic E-state index is 12.2. The average molecular weight is 349 g/mol. The molecule has 130 valence electrons. The van der Waals surface area contributed by atoms with Crippen molar-refractivity contribution in [1.82, 2.24) is 5.43 Å². The summed E-state index contributed by atoms with van der Waals surface area (Å²) in [5.74, 6) is 2.52. The molecule has 0 fully saturated rings. The van der Waals surface area contributed by atoms with Crippen LogP contribution in [0.5, 0.6) is 11.5 Å². The fourth-order valence-corrected chi connectivity index (χ4v) is 2.36. The van der Waals surface area contributed by atoms with Crippen molar-refractivity contribution in [1.29, 1.82) is 0 Å². The topological polar surface area (TPSA) is 89.4 Å². The molecule has 1 aliphatic rings. The molecular weight excluding hydrogens is 334 g/mol. The molecule has 26 heavy (non-hydrogen) atoms. The zero-order chi connectivity index (χ0) is 18.5. The summed E-state index contributed by atoms with van der Waals surface area (Å²) in [5, 5.41) is 5.10. The first-order chi connectivity index (χ1) is 12.6. The summed E-state index contributed by atoms with van der Waals surface area (Å²) in [6, 6.07) is 11.9. The average Bonchev–Trinajstić information content (AvgIpc) is 2.67. The van der Waals surface area contributed by atoms with Gasteiger partial charge in [-0.25, -0.2) is 10.4 Å². The number of rotatable bonds is 4. The van der Waals surface area contributed by atoms with E-state index in [1.54, 1.807) is 30.3 Å². The molecule has 0 spiro atoms. The number of hydrazone groups is 1. The molecule has 3 rings (SSSR count). The van der Waals surface area contributed by atoms with Gasteiger partial charge in [-0.2, -0.15) is 0 Å². The Morgan fingerprint density at radius 1 is 1.12 bits per heavy atom. The Balaban J connectivity index is 1.82. The van der Waals surface area contributed by atoms with Crippen molar-refractivity contribution in [2.75, 3.05) is 14.2 Å². The molecule has 2 aromatic carbocycles. The van der Waals surface area contributed by atoms with E-state index < -0.39 is 11.8 Å². The molecule has 7 heteroatoms. The highest BCUT2D eigenvalue weighted by atomic mass is 16.5. The normalized spacial score (nSPS) is 12.1. The Labute approximate surface area is 149 Å². The van der Waals surface area contributed by atoms with E-state index in [0.717, 1.165) is 5.22 Å². The summed E-state index contributed by atoms with van der Waals surface area (Å²) in [7, 11) is 2.99. The second kappa shape index (κ2) is 7.46. The predicted molar refractivity (Wildman–Crippen MR) is 94.7 cm³/mol. The van der Waals surface area contributed by atoms with Crippen molar-refractivity contribution >= 4 is 23.8 Å². The van der Waals surface area contributed by atoms with Gasteiger partial charge < -0.3 is 9.47 Å². The van der Waals surface area contributed by atoms with Gasteiger partial charge in [0.25, 0.3) is 11.8 Å². The maximum atomic E-state index is 12.2. The number of methoxy groups -OCH3 is 2. The van der Waals surface area contributed by atoms with Gasteiger partial charge in [-0.1, -0.05) is 18.2 Å².